The summed E-state index contributed by atoms with van der Waals surface area (Å²) in [5.41, 5.74) is 21.7. The van der Waals surface area contributed by atoms with E-state index in [0.717, 1.165) is 57.9 Å². The molecule has 0 radical (unpaired) electrons. The number of hydrogen-bond donors (Lipinski definition) is 0. The smallest absolute Gasteiger partial charge is 0.0999 e. The summed E-state index contributed by atoms with van der Waals surface area (Å²) in [6, 6.07) is 34.0. The number of nitriles is 2. The molecule has 7 aromatic rings. The molecular weight excluding hydrogens is 691 g/mol. The lowest BCUT2D eigenvalue weighted by Gasteiger charge is -2.28. The summed E-state index contributed by atoms with van der Waals surface area (Å²) in [6.45, 7) is 14.5. The fraction of sp³-hybridized carbons (Fsp3) is 0.241. The van der Waals surface area contributed by atoms with E-state index in [9.17, 15) is 10.5 Å². The van der Waals surface area contributed by atoms with Crippen LogP contribution in [0.1, 0.15) is 135 Å². The lowest BCUT2D eigenvalue weighted by molar-refractivity contribution is 0.825. The Bertz CT molecular complexity index is 2980. The quantitative estimate of drug-likeness (QED) is 0.169. The Morgan fingerprint density at radius 3 is 2.09 bits per heavy atom. The Balaban J connectivity index is 0.000000615. The summed E-state index contributed by atoms with van der Waals surface area (Å²) in [4.78, 5) is 0. The van der Waals surface area contributed by atoms with Gasteiger partial charge in [-0.15, -0.1) is 5.73 Å². The summed E-state index contributed by atoms with van der Waals surface area (Å²) < 4.78 is 2.35. The standard InChI is InChI=1S/C47H29N3.C3H8.2C2H6/c1-2-26-15-17-36-32(25-49)23-41-46(42(26)36)39-21-30(20-38-45-37-14-8-13-33(37)31(24-48)22-40(45)50(41)47(38)39)44-35(27-9-4-3-5-10-27)18-16-29-19-28-11-6-7-12-34(28)43(29)44;1-3-2;2*1-2/h3-7,9-17,20-23,26,35H,2,18-19H2,1H3;3H2,1-2H3;2*1-2H3. The van der Waals surface area contributed by atoms with Crippen molar-refractivity contribution in [1.29, 1.82) is 10.5 Å². The predicted molar refractivity (Wildman–Crippen MR) is 243 cm³/mol. The van der Waals surface area contributed by atoms with Gasteiger partial charge < -0.3 is 4.40 Å². The van der Waals surface area contributed by atoms with Gasteiger partial charge in [-0.05, 0) is 106 Å². The average molecular weight is 740 g/mol. The second-order valence-corrected chi connectivity index (χ2v) is 14.9. The molecule has 2 aromatic heterocycles. The van der Waals surface area contributed by atoms with Crippen LogP contribution in [0.5, 0.6) is 0 Å². The van der Waals surface area contributed by atoms with Crippen LogP contribution in [-0.4, -0.2) is 4.40 Å². The van der Waals surface area contributed by atoms with Gasteiger partial charge in [0.15, 0.2) is 0 Å². The summed E-state index contributed by atoms with van der Waals surface area (Å²) >= 11 is 0. The number of rotatable bonds is 3. The molecule has 3 heteroatoms. The van der Waals surface area contributed by atoms with E-state index < -0.39 is 0 Å². The third-order valence-electron chi connectivity index (χ3n) is 11.8. The molecule has 57 heavy (non-hydrogen) atoms. The number of nitrogens with zero attached hydrogens (tertiary/aromatic N) is 3. The molecule has 4 aliphatic carbocycles. The third-order valence-corrected chi connectivity index (χ3v) is 11.8. The minimum atomic E-state index is 0.203. The first-order valence-corrected chi connectivity index (χ1v) is 21.0. The van der Waals surface area contributed by atoms with Gasteiger partial charge in [0.1, 0.15) is 0 Å². The molecule has 0 saturated carbocycles. The molecule has 0 saturated heterocycles. The van der Waals surface area contributed by atoms with Gasteiger partial charge >= 0.3 is 0 Å². The zero-order valence-electron chi connectivity index (χ0n) is 34.2. The normalized spacial score (nSPS) is 16.5. The van der Waals surface area contributed by atoms with Gasteiger partial charge in [-0.2, -0.15) is 10.5 Å². The molecule has 0 aliphatic heterocycles. The highest BCUT2D eigenvalue weighted by Crippen LogP contribution is 2.54. The van der Waals surface area contributed by atoms with Crippen LogP contribution in [0.4, 0.5) is 0 Å². The van der Waals surface area contributed by atoms with Gasteiger partial charge in [-0.1, -0.05) is 128 Å². The Kier molecular flexibility index (Phi) is 10.1. The van der Waals surface area contributed by atoms with E-state index in [2.05, 4.69) is 140 Å². The summed E-state index contributed by atoms with van der Waals surface area (Å²) in [5, 5.41) is 25.5. The predicted octanol–water partition coefficient (Wildman–Crippen LogP) is 14.8. The highest BCUT2D eigenvalue weighted by atomic mass is 14.9. The van der Waals surface area contributed by atoms with Crippen molar-refractivity contribution in [3.63, 3.8) is 0 Å². The van der Waals surface area contributed by atoms with Gasteiger partial charge in [0, 0.05) is 44.5 Å². The monoisotopic (exact) mass is 739 g/mol. The van der Waals surface area contributed by atoms with Crippen molar-refractivity contribution in [2.45, 2.75) is 86.0 Å². The van der Waals surface area contributed by atoms with E-state index >= 15 is 0 Å². The highest BCUT2D eigenvalue weighted by molar-refractivity contribution is 6.28. The van der Waals surface area contributed by atoms with Crippen molar-refractivity contribution in [3.8, 4) is 12.1 Å². The van der Waals surface area contributed by atoms with E-state index in [0.29, 0.717) is 11.1 Å². The molecule has 280 valence electrons. The van der Waals surface area contributed by atoms with Crippen molar-refractivity contribution in [2.24, 2.45) is 0 Å². The first-order valence-electron chi connectivity index (χ1n) is 21.0. The van der Waals surface area contributed by atoms with Gasteiger partial charge in [-0.25, -0.2) is 0 Å². The molecule has 5 aromatic carbocycles. The minimum Gasteiger partial charge on any atom is -0.308 e. The summed E-state index contributed by atoms with van der Waals surface area (Å²) in [5.74, 6) is 0.437. The first-order chi connectivity index (χ1) is 28.1. The van der Waals surface area contributed by atoms with E-state index in [4.69, 9.17) is 0 Å². The molecule has 0 spiro atoms. The molecule has 2 atom stereocenters. The second kappa shape index (κ2) is 15.3. The molecule has 3 nitrogen and oxygen atoms in total. The highest BCUT2D eigenvalue weighted by Gasteiger charge is 2.35. The number of allylic oxidation sites excluding steroid dienone is 5. The number of benzene rings is 5. The second-order valence-electron chi connectivity index (χ2n) is 14.9. The van der Waals surface area contributed by atoms with Gasteiger partial charge in [-0.3, -0.25) is 0 Å². The molecule has 2 heterocycles. The number of hydrogen-bond acceptors (Lipinski definition) is 2. The van der Waals surface area contributed by atoms with Crippen molar-refractivity contribution in [1.82, 2.24) is 4.40 Å². The lowest BCUT2D eigenvalue weighted by Crippen LogP contribution is -2.09. The van der Waals surface area contributed by atoms with Gasteiger partial charge in [0.25, 0.3) is 0 Å². The fourth-order valence-electron chi connectivity index (χ4n) is 9.79. The van der Waals surface area contributed by atoms with Gasteiger partial charge in [0.05, 0.1) is 39.8 Å². The van der Waals surface area contributed by atoms with Crippen LogP contribution in [-0.2, 0) is 6.42 Å². The zero-order valence-corrected chi connectivity index (χ0v) is 34.2. The molecule has 11 rings (SSSR count). The molecule has 2 unspecified atom stereocenters. The average Bonchev–Trinajstić information content (AvgIpc) is 4.10. The van der Waals surface area contributed by atoms with Crippen molar-refractivity contribution >= 4 is 67.5 Å². The number of fused-ring (bicyclic) bond motifs is 13. The summed E-state index contributed by atoms with van der Waals surface area (Å²) in [7, 11) is 0. The van der Waals surface area contributed by atoms with Gasteiger partial charge in [0.2, 0.25) is 0 Å². The number of aromatic nitrogens is 1. The molecule has 0 fully saturated rings. The van der Waals surface area contributed by atoms with Crippen LogP contribution in [0.3, 0.4) is 0 Å². The van der Waals surface area contributed by atoms with Crippen LogP contribution in [0.15, 0.2) is 102 Å². The summed E-state index contributed by atoms with van der Waals surface area (Å²) in [6.07, 6.45) is 15.0. The molecule has 0 N–H and O–H groups in total. The maximum absolute atomic E-state index is 10.4. The molecule has 0 bridgehead atoms. The topological polar surface area (TPSA) is 52.0 Å². The lowest BCUT2D eigenvalue weighted by atomic mass is 9.75. The van der Waals surface area contributed by atoms with Crippen LogP contribution in [0.25, 0.3) is 67.5 Å². The molecule has 4 aliphatic rings. The maximum atomic E-state index is 10.4. The zero-order chi connectivity index (χ0) is 40.0. The van der Waals surface area contributed by atoms with Crippen LogP contribution in [0, 0.1) is 22.7 Å². The third kappa shape index (κ3) is 5.53. The minimum absolute atomic E-state index is 0.203. The first kappa shape index (κ1) is 37.5. The Morgan fingerprint density at radius 2 is 1.39 bits per heavy atom. The van der Waals surface area contributed by atoms with Crippen LogP contribution >= 0.6 is 0 Å². The molecular formula is C54H49N3. The van der Waals surface area contributed by atoms with Crippen LogP contribution < -0.4 is 0 Å². The van der Waals surface area contributed by atoms with Crippen LogP contribution in [0.2, 0.25) is 0 Å². The van der Waals surface area contributed by atoms with E-state index in [-0.39, 0.29) is 11.8 Å². The molecule has 0 amide bonds. The SMILES string of the molecule is CC.CC.CCC.CCC1C=Cc2c(C#N)cc3c(c21)c1cc(C2=C4C(=CCC2c2ccccc2)Cc2ccccc24)cc2c4c5c(c(C#N)cc4n3c21)C=C=C5. The largest absolute Gasteiger partial charge is 0.308 e. The van der Waals surface area contributed by atoms with Crippen molar-refractivity contribution < 1.29 is 0 Å². The Morgan fingerprint density at radius 1 is 0.754 bits per heavy atom. The van der Waals surface area contributed by atoms with Crippen molar-refractivity contribution in [3.05, 3.63) is 158 Å². The Hall–Kier alpha value is -6.38. The maximum Gasteiger partial charge on any atom is 0.0999 e. The van der Waals surface area contributed by atoms with E-state index in [1.165, 1.54) is 67.1 Å². The fourth-order valence-corrected chi connectivity index (χ4v) is 9.79. The van der Waals surface area contributed by atoms with Crippen molar-refractivity contribution in [2.75, 3.05) is 0 Å². The Labute approximate surface area is 337 Å². The van der Waals surface area contributed by atoms with E-state index in [1.54, 1.807) is 0 Å². The van der Waals surface area contributed by atoms with E-state index in [1.807, 2.05) is 39.8 Å².